The molecule has 0 spiro atoms. The van der Waals surface area contributed by atoms with Gasteiger partial charge in [0.05, 0.1) is 6.54 Å². The van der Waals surface area contributed by atoms with Gasteiger partial charge >= 0.3 is 5.69 Å². The normalized spacial score (nSPS) is 16.0. The second kappa shape index (κ2) is 8.69. The van der Waals surface area contributed by atoms with E-state index in [1.807, 2.05) is 6.92 Å². The number of fused-ring (bicyclic) bond motifs is 1. The summed E-state index contributed by atoms with van der Waals surface area (Å²) in [6, 6.07) is 3.31. The van der Waals surface area contributed by atoms with E-state index in [1.54, 1.807) is 40.9 Å². The van der Waals surface area contributed by atoms with Crippen LogP contribution in [0.5, 0.6) is 0 Å². The summed E-state index contributed by atoms with van der Waals surface area (Å²) in [6.07, 6.45) is 7.27. The molecule has 0 radical (unpaired) electrons. The Labute approximate surface area is 199 Å². The van der Waals surface area contributed by atoms with Crippen LogP contribution in [0.2, 0.25) is 0 Å². The molecular weight excluding hydrogens is 458 g/mol. The number of pyridine rings is 1. The van der Waals surface area contributed by atoms with Crippen molar-refractivity contribution in [1.29, 1.82) is 0 Å². The number of aromatic nitrogens is 5. The molecule has 3 aromatic heterocycles. The third kappa shape index (κ3) is 3.78. The van der Waals surface area contributed by atoms with Crippen LogP contribution in [0.15, 0.2) is 50.8 Å². The van der Waals surface area contributed by atoms with E-state index in [9.17, 15) is 14.4 Å². The first-order valence-electron chi connectivity index (χ1n) is 11.2. The van der Waals surface area contributed by atoms with Crippen molar-refractivity contribution in [3.05, 3.63) is 67.7 Å². The van der Waals surface area contributed by atoms with Gasteiger partial charge in [-0.15, -0.1) is 0 Å². The van der Waals surface area contributed by atoms with Crippen molar-refractivity contribution < 1.29 is 4.79 Å². The molecule has 0 amide bonds. The van der Waals surface area contributed by atoms with Crippen LogP contribution in [0.4, 0.5) is 0 Å². The zero-order valence-electron chi connectivity index (χ0n) is 18.8. The summed E-state index contributed by atoms with van der Waals surface area (Å²) in [7, 11) is 1.73. The molecule has 1 saturated carbocycles. The number of carbonyl (C=O) groups excluding carboxylic acids is 1. The molecule has 10 nitrogen and oxygen atoms in total. The number of carbonyl (C=O) groups is 1. The predicted molar refractivity (Wildman–Crippen MR) is 129 cm³/mol. The van der Waals surface area contributed by atoms with E-state index >= 15 is 0 Å². The fourth-order valence-electron chi connectivity index (χ4n) is 4.08. The Morgan fingerprint density at radius 1 is 1.26 bits per heavy atom. The molecule has 0 bridgehead atoms. The zero-order valence-corrected chi connectivity index (χ0v) is 19.6. The summed E-state index contributed by atoms with van der Waals surface area (Å²) in [5, 5.41) is 2.15. The minimum atomic E-state index is -0.349. The van der Waals surface area contributed by atoms with Crippen LogP contribution in [0.3, 0.4) is 0 Å². The van der Waals surface area contributed by atoms with E-state index in [0.29, 0.717) is 46.4 Å². The number of ketones is 1. The molecule has 0 atom stereocenters. The molecule has 2 aliphatic rings. The van der Waals surface area contributed by atoms with Gasteiger partial charge in [0.1, 0.15) is 22.2 Å². The lowest BCUT2D eigenvalue weighted by Gasteiger charge is -2.25. The Morgan fingerprint density at radius 2 is 2.06 bits per heavy atom. The first-order chi connectivity index (χ1) is 16.4. The molecule has 0 saturated heterocycles. The number of aryl methyl sites for hydroxylation is 1. The molecule has 0 unspecified atom stereocenters. The number of hydrazine groups is 1. The number of nitrogens with one attached hydrogen (secondary N) is 2. The molecule has 3 aromatic rings. The van der Waals surface area contributed by atoms with Gasteiger partial charge in [0.25, 0.3) is 5.56 Å². The summed E-state index contributed by atoms with van der Waals surface area (Å²) >= 11 is 6.10. The predicted octanol–water partition coefficient (Wildman–Crippen LogP) is 2.33. The summed E-state index contributed by atoms with van der Waals surface area (Å²) < 4.78 is 2.90. The molecule has 1 aliphatic carbocycles. The number of allylic oxidation sites excluding steroid dienone is 2. The maximum absolute atomic E-state index is 13.0. The highest BCUT2D eigenvalue weighted by Crippen LogP contribution is 2.32. The van der Waals surface area contributed by atoms with E-state index < -0.39 is 0 Å². The van der Waals surface area contributed by atoms with Crippen molar-refractivity contribution in [1.82, 2.24) is 34.5 Å². The van der Waals surface area contributed by atoms with Crippen molar-refractivity contribution in [2.45, 2.75) is 38.8 Å². The van der Waals surface area contributed by atoms with Gasteiger partial charge in [-0.05, 0) is 37.5 Å². The second-order valence-electron chi connectivity index (χ2n) is 8.38. The maximum Gasteiger partial charge on any atom is 0.333 e. The van der Waals surface area contributed by atoms with E-state index in [0.717, 1.165) is 19.3 Å². The van der Waals surface area contributed by atoms with Gasteiger partial charge in [-0.25, -0.2) is 15.2 Å². The van der Waals surface area contributed by atoms with Crippen LogP contribution in [0.25, 0.3) is 22.6 Å². The lowest BCUT2D eigenvalue weighted by molar-refractivity contribution is 0.101. The third-order valence-corrected chi connectivity index (χ3v) is 6.34. The quantitative estimate of drug-likeness (QED) is 0.392. The number of aromatic amines is 1. The topological polar surface area (TPSA) is 118 Å². The van der Waals surface area contributed by atoms with Gasteiger partial charge in [0.15, 0.2) is 5.65 Å². The molecule has 176 valence electrons. The largest absolute Gasteiger partial charge is 0.333 e. The average Bonchev–Trinajstić information content (AvgIpc) is 3.58. The number of nitrogens with zero attached hydrogens (tertiary/aromatic N) is 5. The molecule has 2 N–H and O–H groups in total. The highest BCUT2D eigenvalue weighted by Gasteiger charge is 2.30. The minimum absolute atomic E-state index is 0.0381. The van der Waals surface area contributed by atoms with Crippen LogP contribution < -0.4 is 16.7 Å². The van der Waals surface area contributed by atoms with Gasteiger partial charge < -0.3 is 4.98 Å². The zero-order chi connectivity index (χ0) is 24.0. The summed E-state index contributed by atoms with van der Waals surface area (Å²) in [5.41, 5.74) is 4.35. The van der Waals surface area contributed by atoms with Gasteiger partial charge in [-0.1, -0.05) is 24.6 Å². The third-order valence-electron chi connectivity index (χ3n) is 6.01. The Bertz CT molecular complexity index is 1460. The Morgan fingerprint density at radius 3 is 2.71 bits per heavy atom. The minimum Gasteiger partial charge on any atom is -0.332 e. The molecule has 5 rings (SSSR count). The number of H-pyrrole nitrogens is 1. The van der Waals surface area contributed by atoms with Crippen LogP contribution in [0, 0.1) is 0 Å². The van der Waals surface area contributed by atoms with Gasteiger partial charge in [-0.3, -0.25) is 28.7 Å². The monoisotopic (exact) mass is 481 g/mol. The smallest absolute Gasteiger partial charge is 0.332 e. The summed E-state index contributed by atoms with van der Waals surface area (Å²) in [4.78, 5) is 50.8. The molecule has 11 heteroatoms. The van der Waals surface area contributed by atoms with Crippen LogP contribution >= 0.6 is 11.6 Å². The SMILES string of the molecule is CCCn1c(=O)n(C2CC2)c(=O)c2[nH]c(-c3ccc(C(=O)C4=CC=C(Cl)N(NC)C4)nc3)nc21. The Balaban J connectivity index is 1.50. The highest BCUT2D eigenvalue weighted by molar-refractivity contribution is 6.29. The molecule has 34 heavy (non-hydrogen) atoms. The van der Waals surface area contributed by atoms with Crippen molar-refractivity contribution in [2.24, 2.45) is 0 Å². The van der Waals surface area contributed by atoms with Crippen LogP contribution in [-0.2, 0) is 6.54 Å². The molecule has 1 fully saturated rings. The van der Waals surface area contributed by atoms with Crippen LogP contribution in [-0.4, -0.2) is 48.5 Å². The number of halogens is 1. The van der Waals surface area contributed by atoms with Crippen molar-refractivity contribution in [3.63, 3.8) is 0 Å². The highest BCUT2D eigenvalue weighted by atomic mass is 35.5. The maximum atomic E-state index is 13.0. The van der Waals surface area contributed by atoms with Crippen molar-refractivity contribution >= 4 is 28.5 Å². The van der Waals surface area contributed by atoms with E-state index in [-0.39, 0.29) is 28.8 Å². The van der Waals surface area contributed by atoms with E-state index in [2.05, 4.69) is 20.4 Å². The lowest BCUT2D eigenvalue weighted by Crippen LogP contribution is -2.39. The second-order valence-corrected chi connectivity index (χ2v) is 8.76. The summed E-state index contributed by atoms with van der Waals surface area (Å²) in [6.45, 7) is 2.76. The molecule has 4 heterocycles. The van der Waals surface area contributed by atoms with Crippen LogP contribution in [0.1, 0.15) is 42.7 Å². The van der Waals surface area contributed by atoms with Gasteiger partial charge in [0, 0.05) is 37.0 Å². The average molecular weight is 482 g/mol. The molecule has 0 aromatic carbocycles. The first kappa shape index (κ1) is 22.3. The number of imidazole rings is 1. The standard InChI is InChI=1S/C23H24ClN7O3/c1-3-10-29-21-18(22(33)31(23(29)34)15-6-7-15)27-20(28-21)13-4-8-16(26-11-13)19(32)14-5-9-17(24)30(12-14)25-2/h4-5,8-9,11,15,25H,3,6-7,10,12H2,1-2H3,(H,27,28). The number of Topliss-reactive ketones (excluding diaryl/α,β-unsaturated/α-hetero) is 1. The first-order valence-corrected chi connectivity index (χ1v) is 11.6. The van der Waals surface area contributed by atoms with E-state index in [4.69, 9.17) is 11.6 Å². The summed E-state index contributed by atoms with van der Waals surface area (Å²) in [5.74, 6) is 0.213. The van der Waals surface area contributed by atoms with Crippen molar-refractivity contribution in [3.8, 4) is 11.4 Å². The van der Waals surface area contributed by atoms with Gasteiger partial charge in [-0.2, -0.15) is 0 Å². The number of rotatable bonds is 7. The van der Waals surface area contributed by atoms with Gasteiger partial charge in [0.2, 0.25) is 5.78 Å². The lowest BCUT2D eigenvalue weighted by atomic mass is 10.1. The molecular formula is C23H24ClN7O3. The Kier molecular flexibility index (Phi) is 5.70. The van der Waals surface area contributed by atoms with Crippen molar-refractivity contribution in [2.75, 3.05) is 13.6 Å². The fourth-order valence-corrected chi connectivity index (χ4v) is 4.28. The molecule has 1 aliphatic heterocycles. The Hall–Kier alpha value is -3.50. The number of hydrogen-bond donors (Lipinski definition) is 2. The fraction of sp³-hybridized carbons (Fsp3) is 0.348. The van der Waals surface area contributed by atoms with E-state index in [1.165, 1.54) is 10.8 Å². The number of hydrogen-bond acceptors (Lipinski definition) is 7.